The lowest BCUT2D eigenvalue weighted by atomic mass is 9.92. The van der Waals surface area contributed by atoms with Crippen LogP contribution < -0.4 is 10.1 Å². The highest BCUT2D eigenvalue weighted by Gasteiger charge is 2.35. The highest BCUT2D eigenvalue weighted by molar-refractivity contribution is 5.97. The normalized spacial score (nSPS) is 16.2. The maximum atomic E-state index is 13.0. The monoisotopic (exact) mass is 420 g/mol. The molecule has 2 amide bonds. The Morgan fingerprint density at radius 1 is 1.13 bits per heavy atom. The summed E-state index contributed by atoms with van der Waals surface area (Å²) in [5.41, 5.74) is 2.12. The number of alkyl halides is 3. The number of rotatable bonds is 5. The van der Waals surface area contributed by atoms with Crippen LogP contribution in [0.2, 0.25) is 0 Å². The van der Waals surface area contributed by atoms with Crippen LogP contribution in [0.4, 0.5) is 18.9 Å². The van der Waals surface area contributed by atoms with Gasteiger partial charge in [0.25, 0.3) is 0 Å². The highest BCUT2D eigenvalue weighted by atomic mass is 19.4. The van der Waals surface area contributed by atoms with Gasteiger partial charge in [-0.3, -0.25) is 9.59 Å². The summed E-state index contributed by atoms with van der Waals surface area (Å²) in [5.74, 6) is -0.879. The van der Waals surface area contributed by atoms with Gasteiger partial charge in [0, 0.05) is 31.1 Å². The van der Waals surface area contributed by atoms with Gasteiger partial charge in [0.15, 0.2) is 0 Å². The summed E-state index contributed by atoms with van der Waals surface area (Å²) in [7, 11) is 0. The SMILES string of the molecule is CC(C)CC(=O)N1Cc2ccccc2CC1C(=O)Nc1cccc(OC(F)(F)F)c1. The largest absolute Gasteiger partial charge is 0.573 e. The average Bonchev–Trinajstić information content (AvgIpc) is 2.65. The van der Waals surface area contributed by atoms with Gasteiger partial charge in [-0.1, -0.05) is 44.2 Å². The van der Waals surface area contributed by atoms with E-state index in [4.69, 9.17) is 0 Å². The number of ether oxygens (including phenoxy) is 1. The van der Waals surface area contributed by atoms with E-state index in [2.05, 4.69) is 10.1 Å². The molecule has 0 aliphatic carbocycles. The number of nitrogens with zero attached hydrogens (tertiary/aromatic N) is 1. The molecule has 1 heterocycles. The molecule has 5 nitrogen and oxygen atoms in total. The molecule has 30 heavy (non-hydrogen) atoms. The fraction of sp³-hybridized carbons (Fsp3) is 0.364. The second-order valence-electron chi connectivity index (χ2n) is 7.67. The van der Waals surface area contributed by atoms with Crippen molar-refractivity contribution in [2.24, 2.45) is 5.92 Å². The molecule has 0 saturated carbocycles. The van der Waals surface area contributed by atoms with E-state index in [0.717, 1.165) is 23.3 Å². The molecule has 1 atom stereocenters. The highest BCUT2D eigenvalue weighted by Crippen LogP contribution is 2.28. The van der Waals surface area contributed by atoms with Gasteiger partial charge in [0.05, 0.1) is 0 Å². The molecule has 0 spiro atoms. The van der Waals surface area contributed by atoms with Crippen molar-refractivity contribution >= 4 is 17.5 Å². The van der Waals surface area contributed by atoms with Crippen molar-refractivity contribution in [3.63, 3.8) is 0 Å². The van der Waals surface area contributed by atoms with Crippen molar-refractivity contribution < 1.29 is 27.5 Å². The van der Waals surface area contributed by atoms with Crippen LogP contribution in [0.3, 0.4) is 0 Å². The van der Waals surface area contributed by atoms with Crippen molar-refractivity contribution in [1.82, 2.24) is 4.90 Å². The number of carbonyl (C=O) groups is 2. The lowest BCUT2D eigenvalue weighted by molar-refractivity contribution is -0.274. The van der Waals surface area contributed by atoms with E-state index in [0.29, 0.717) is 19.4 Å². The van der Waals surface area contributed by atoms with Gasteiger partial charge in [0.1, 0.15) is 11.8 Å². The molecule has 1 unspecified atom stereocenters. The van der Waals surface area contributed by atoms with Crippen LogP contribution in [-0.2, 0) is 22.6 Å². The molecule has 0 saturated heterocycles. The zero-order valence-corrected chi connectivity index (χ0v) is 16.7. The standard InChI is InChI=1S/C22H23F3N2O3/c1-14(2)10-20(28)27-13-16-7-4-3-6-15(16)11-19(27)21(29)26-17-8-5-9-18(12-17)30-22(23,24)25/h3-9,12,14,19H,10-11,13H2,1-2H3,(H,26,29). The smallest absolute Gasteiger partial charge is 0.406 e. The number of benzene rings is 2. The van der Waals surface area contributed by atoms with E-state index in [1.807, 2.05) is 38.1 Å². The van der Waals surface area contributed by atoms with Gasteiger partial charge < -0.3 is 15.0 Å². The van der Waals surface area contributed by atoms with E-state index in [1.165, 1.54) is 12.1 Å². The molecule has 160 valence electrons. The Kier molecular flexibility index (Phi) is 6.34. The molecular formula is C22H23F3N2O3. The Balaban J connectivity index is 1.81. The number of hydrogen-bond acceptors (Lipinski definition) is 3. The molecule has 8 heteroatoms. The number of halogens is 3. The van der Waals surface area contributed by atoms with Gasteiger partial charge in [-0.05, 0) is 29.2 Å². The maximum Gasteiger partial charge on any atom is 0.573 e. The third-order valence-corrected chi connectivity index (χ3v) is 4.79. The molecule has 0 aromatic heterocycles. The summed E-state index contributed by atoms with van der Waals surface area (Å²) >= 11 is 0. The molecule has 2 aromatic carbocycles. The minimum absolute atomic E-state index is 0.131. The quantitative estimate of drug-likeness (QED) is 0.774. The molecule has 1 aliphatic rings. The van der Waals surface area contributed by atoms with Crippen LogP contribution >= 0.6 is 0 Å². The number of nitrogens with one attached hydrogen (secondary N) is 1. The van der Waals surface area contributed by atoms with Gasteiger partial charge in [0.2, 0.25) is 11.8 Å². The topological polar surface area (TPSA) is 58.6 Å². The number of anilines is 1. The molecule has 1 N–H and O–H groups in total. The summed E-state index contributed by atoms with van der Waals surface area (Å²) in [6, 6.07) is 11.9. The van der Waals surface area contributed by atoms with Crippen LogP contribution in [-0.4, -0.2) is 29.1 Å². The molecule has 3 rings (SSSR count). The average molecular weight is 420 g/mol. The summed E-state index contributed by atoms with van der Waals surface area (Å²) in [4.78, 5) is 27.4. The first-order valence-electron chi connectivity index (χ1n) is 9.65. The molecule has 0 bridgehead atoms. The first-order valence-corrected chi connectivity index (χ1v) is 9.65. The lowest BCUT2D eigenvalue weighted by Crippen LogP contribution is -2.50. The predicted octanol–water partition coefficient (Wildman–Crippen LogP) is 4.52. The molecule has 0 radical (unpaired) electrons. The summed E-state index contributed by atoms with van der Waals surface area (Å²) < 4.78 is 41.3. The van der Waals surface area contributed by atoms with E-state index < -0.39 is 24.1 Å². The van der Waals surface area contributed by atoms with Crippen molar-refractivity contribution in [3.8, 4) is 5.75 Å². The number of amides is 2. The summed E-state index contributed by atoms with van der Waals surface area (Å²) in [5, 5.41) is 2.63. The van der Waals surface area contributed by atoms with Gasteiger partial charge in [-0.2, -0.15) is 0 Å². The Morgan fingerprint density at radius 3 is 2.50 bits per heavy atom. The van der Waals surface area contributed by atoms with Gasteiger partial charge >= 0.3 is 6.36 Å². The van der Waals surface area contributed by atoms with Crippen LogP contribution in [0.15, 0.2) is 48.5 Å². The fourth-order valence-electron chi connectivity index (χ4n) is 3.48. The number of fused-ring (bicyclic) bond motifs is 1. The van der Waals surface area contributed by atoms with E-state index >= 15 is 0 Å². The Hall–Kier alpha value is -3.03. The molecule has 0 fully saturated rings. The first kappa shape index (κ1) is 21.7. The van der Waals surface area contributed by atoms with Gasteiger partial charge in [-0.25, -0.2) is 0 Å². The summed E-state index contributed by atoms with van der Waals surface area (Å²) in [6.07, 6.45) is -4.18. The molecular weight excluding hydrogens is 397 g/mol. The number of carbonyl (C=O) groups excluding carboxylic acids is 2. The van der Waals surface area contributed by atoms with E-state index in [-0.39, 0.29) is 17.5 Å². The third kappa shape index (κ3) is 5.52. The van der Waals surface area contributed by atoms with Crippen LogP contribution in [0, 0.1) is 5.92 Å². The third-order valence-electron chi connectivity index (χ3n) is 4.79. The Bertz CT molecular complexity index is 928. The molecule has 1 aliphatic heterocycles. The zero-order valence-electron chi connectivity index (χ0n) is 16.7. The minimum Gasteiger partial charge on any atom is -0.406 e. The predicted molar refractivity (Wildman–Crippen MR) is 106 cm³/mol. The van der Waals surface area contributed by atoms with Crippen LogP contribution in [0.25, 0.3) is 0 Å². The fourth-order valence-corrected chi connectivity index (χ4v) is 3.48. The van der Waals surface area contributed by atoms with Crippen molar-refractivity contribution in [2.75, 3.05) is 5.32 Å². The van der Waals surface area contributed by atoms with Gasteiger partial charge in [-0.15, -0.1) is 13.2 Å². The Morgan fingerprint density at radius 2 is 1.83 bits per heavy atom. The van der Waals surface area contributed by atoms with E-state index in [9.17, 15) is 22.8 Å². The van der Waals surface area contributed by atoms with Crippen LogP contribution in [0.1, 0.15) is 31.4 Å². The number of hydrogen-bond donors (Lipinski definition) is 1. The van der Waals surface area contributed by atoms with Crippen molar-refractivity contribution in [3.05, 3.63) is 59.7 Å². The van der Waals surface area contributed by atoms with Crippen molar-refractivity contribution in [2.45, 2.75) is 45.6 Å². The summed E-state index contributed by atoms with van der Waals surface area (Å²) in [6.45, 7) is 4.17. The maximum absolute atomic E-state index is 13.0. The lowest BCUT2D eigenvalue weighted by Gasteiger charge is -2.36. The molecule has 2 aromatic rings. The Labute approximate surface area is 172 Å². The second-order valence-corrected chi connectivity index (χ2v) is 7.67. The van der Waals surface area contributed by atoms with E-state index in [1.54, 1.807) is 4.90 Å². The first-order chi connectivity index (χ1) is 14.1. The van der Waals surface area contributed by atoms with Crippen LogP contribution in [0.5, 0.6) is 5.75 Å². The zero-order chi connectivity index (χ0) is 21.9. The second kappa shape index (κ2) is 8.77. The minimum atomic E-state index is -4.82. The van der Waals surface area contributed by atoms with Crippen molar-refractivity contribution in [1.29, 1.82) is 0 Å².